The molecule has 1 fully saturated rings. The predicted octanol–water partition coefficient (Wildman–Crippen LogP) is 2.56. The maximum absolute atomic E-state index is 12.6. The van der Waals surface area contributed by atoms with Gasteiger partial charge in [-0.15, -0.1) is 0 Å². The molecule has 13 heteroatoms. The first-order valence-corrected chi connectivity index (χ1v) is 11.1. The number of rotatable bonds is 6. The normalized spacial score (nSPS) is 25.0. The molecule has 0 unspecified atom stereocenters. The zero-order valence-electron chi connectivity index (χ0n) is 17.3. The fraction of sp³-hybridized carbons (Fsp3) is 0.381. The van der Waals surface area contributed by atoms with Crippen molar-refractivity contribution in [2.75, 3.05) is 11.9 Å². The minimum atomic E-state index is -4.43. The molecule has 0 amide bonds. The molecule has 0 aromatic heterocycles. The lowest BCUT2D eigenvalue weighted by Crippen LogP contribution is -2.60. The first-order chi connectivity index (χ1) is 16.0. The van der Waals surface area contributed by atoms with Gasteiger partial charge >= 0.3 is 6.18 Å². The molecule has 5 atom stereocenters. The van der Waals surface area contributed by atoms with Crippen LogP contribution < -0.4 is 10.1 Å². The van der Waals surface area contributed by atoms with Gasteiger partial charge in [0, 0.05) is 5.69 Å². The summed E-state index contributed by atoms with van der Waals surface area (Å²) in [5, 5.41) is 41.7. The van der Waals surface area contributed by atoms with Crippen molar-refractivity contribution < 1.29 is 47.8 Å². The van der Waals surface area contributed by atoms with Crippen molar-refractivity contribution in [1.29, 1.82) is 0 Å². The Bertz CT molecular complexity index is 993. The van der Waals surface area contributed by atoms with E-state index in [1.165, 1.54) is 18.2 Å². The topological polar surface area (TPSA) is 121 Å². The van der Waals surface area contributed by atoms with Crippen LogP contribution in [0.15, 0.2) is 46.9 Å². The highest BCUT2D eigenvalue weighted by Crippen LogP contribution is 2.31. The zero-order valence-corrected chi connectivity index (χ0v) is 19.7. The Kier molecular flexibility index (Phi) is 8.73. The van der Waals surface area contributed by atoms with E-state index in [1.807, 2.05) is 0 Å². The molecule has 1 saturated heterocycles. The van der Waals surface area contributed by atoms with Crippen LogP contribution in [0.5, 0.6) is 5.75 Å². The number of anilines is 1. The summed E-state index contributed by atoms with van der Waals surface area (Å²) in [6.45, 7) is -0.548. The summed E-state index contributed by atoms with van der Waals surface area (Å²) in [6, 6.07) is 9.13. The number of hydrogen-bond acceptors (Lipinski definition) is 8. The second-order valence-corrected chi connectivity index (χ2v) is 8.58. The summed E-state index contributed by atoms with van der Waals surface area (Å²) in [6.07, 6.45) is -11.5. The van der Waals surface area contributed by atoms with Gasteiger partial charge in [-0.3, -0.25) is 0 Å². The molecule has 0 saturated carbocycles. The Morgan fingerprint density at radius 1 is 1.06 bits per heavy atom. The van der Waals surface area contributed by atoms with Crippen LogP contribution in [0.1, 0.15) is 11.1 Å². The predicted molar refractivity (Wildman–Crippen MR) is 121 cm³/mol. The van der Waals surface area contributed by atoms with Crippen molar-refractivity contribution in [3.8, 4) is 5.75 Å². The number of benzene rings is 2. The molecule has 34 heavy (non-hydrogen) atoms. The molecule has 1 aliphatic heterocycles. The smallest absolute Gasteiger partial charge is 0.416 e. The fourth-order valence-corrected chi connectivity index (χ4v) is 3.76. The number of hydrogen-bond donors (Lipinski definition) is 5. The molecular weight excluding hydrogens is 547 g/mol. The van der Waals surface area contributed by atoms with Crippen LogP contribution in [0, 0.1) is 0 Å². The van der Waals surface area contributed by atoms with Gasteiger partial charge in [-0.05, 0) is 70.1 Å². The van der Waals surface area contributed by atoms with E-state index in [2.05, 4.69) is 21.2 Å². The number of ether oxygens (including phenoxy) is 3. The molecule has 1 heterocycles. The molecule has 186 valence electrons. The molecule has 0 radical (unpaired) electrons. The van der Waals surface area contributed by atoms with Crippen LogP contribution in [-0.4, -0.2) is 62.9 Å². The highest BCUT2D eigenvalue weighted by Gasteiger charge is 2.44. The molecule has 3 rings (SSSR count). The Hall–Kier alpha value is -2.00. The van der Waals surface area contributed by atoms with Crippen molar-refractivity contribution in [2.45, 2.75) is 43.5 Å². The van der Waals surface area contributed by atoms with Gasteiger partial charge in [0.25, 0.3) is 5.17 Å². The van der Waals surface area contributed by atoms with Gasteiger partial charge in [-0.2, -0.15) is 13.2 Å². The molecule has 0 aliphatic carbocycles. The summed E-state index contributed by atoms with van der Waals surface area (Å²) in [5.41, 5.74) is 0.216. The number of nitrogens with one attached hydrogen (secondary N) is 1. The first-order valence-electron chi connectivity index (χ1n) is 9.86. The molecule has 2 aromatic rings. The van der Waals surface area contributed by atoms with Gasteiger partial charge in [0.05, 0.1) is 16.6 Å². The van der Waals surface area contributed by atoms with Crippen LogP contribution in [0.3, 0.4) is 0 Å². The van der Waals surface area contributed by atoms with Gasteiger partial charge in [-0.25, -0.2) is 0 Å². The Labute approximate surface area is 206 Å². The quantitative estimate of drug-likeness (QED) is 0.335. The standard InChI is InChI=1S/C21H21BrF3NO7S/c22-13-7-10(9-31-20(34)26-12-4-2-11(3-5-12)21(23,24)25)1-6-14(13)32-19-18(30)17(29)16(28)15(8-27)33-19/h1-7,15-19,27-30H,8-9H2,(H,26,34)/t15-,16-,17+,18-,19-/m1/s1. The van der Waals surface area contributed by atoms with Crippen LogP contribution in [0.4, 0.5) is 18.9 Å². The largest absolute Gasteiger partial charge is 0.466 e. The van der Waals surface area contributed by atoms with Gasteiger partial charge in [-0.1, -0.05) is 6.07 Å². The molecule has 8 nitrogen and oxygen atoms in total. The van der Waals surface area contributed by atoms with Crippen LogP contribution in [0.25, 0.3) is 0 Å². The lowest BCUT2D eigenvalue weighted by molar-refractivity contribution is -0.277. The minimum absolute atomic E-state index is 0.0331. The van der Waals surface area contributed by atoms with E-state index < -0.39 is 49.1 Å². The van der Waals surface area contributed by atoms with Crippen LogP contribution in [-0.2, 0) is 22.3 Å². The van der Waals surface area contributed by atoms with E-state index in [1.54, 1.807) is 12.1 Å². The third-order valence-electron chi connectivity index (χ3n) is 4.92. The molecule has 1 aliphatic rings. The summed E-state index contributed by atoms with van der Waals surface area (Å²) >= 11 is 8.38. The van der Waals surface area contributed by atoms with Crippen molar-refractivity contribution >= 4 is 39.0 Å². The minimum Gasteiger partial charge on any atom is -0.466 e. The number of thiocarbonyl (C=S) groups is 1. The number of aliphatic hydroxyl groups excluding tert-OH is 4. The molecular formula is C21H21BrF3NO7S. The maximum Gasteiger partial charge on any atom is 0.416 e. The highest BCUT2D eigenvalue weighted by molar-refractivity contribution is 9.10. The Morgan fingerprint density at radius 2 is 1.74 bits per heavy atom. The number of alkyl halides is 3. The summed E-state index contributed by atoms with van der Waals surface area (Å²) in [7, 11) is 0. The SMILES string of the molecule is OC[C@H]1O[C@@H](Oc2ccc(COC(=S)Nc3ccc(C(F)(F)F)cc3)cc2Br)[C@H](O)[C@@H](O)[C@@H]1O. The maximum atomic E-state index is 12.6. The highest BCUT2D eigenvalue weighted by atomic mass is 79.9. The zero-order chi connectivity index (χ0) is 25.0. The van der Waals surface area contributed by atoms with E-state index in [4.69, 9.17) is 26.4 Å². The number of aliphatic hydroxyl groups is 4. The molecule has 0 spiro atoms. The van der Waals surface area contributed by atoms with Crippen molar-refractivity contribution in [3.05, 3.63) is 58.1 Å². The van der Waals surface area contributed by atoms with Crippen LogP contribution in [0.2, 0.25) is 0 Å². The summed E-state index contributed by atoms with van der Waals surface area (Å²) in [4.78, 5) is 0. The molecule has 2 aromatic carbocycles. The second-order valence-electron chi connectivity index (χ2n) is 7.36. The van der Waals surface area contributed by atoms with Crippen molar-refractivity contribution in [1.82, 2.24) is 0 Å². The summed E-state index contributed by atoms with van der Waals surface area (Å²) < 4.78 is 54.7. The first kappa shape index (κ1) is 26.6. The van der Waals surface area contributed by atoms with E-state index in [0.29, 0.717) is 15.7 Å². The van der Waals surface area contributed by atoms with E-state index in [0.717, 1.165) is 12.1 Å². The van der Waals surface area contributed by atoms with Gasteiger partial charge in [0.15, 0.2) is 0 Å². The van der Waals surface area contributed by atoms with Gasteiger partial charge in [0.1, 0.15) is 36.8 Å². The Balaban J connectivity index is 1.55. The Morgan fingerprint density at radius 3 is 2.32 bits per heavy atom. The number of halogens is 4. The van der Waals surface area contributed by atoms with Crippen molar-refractivity contribution in [2.24, 2.45) is 0 Å². The van der Waals surface area contributed by atoms with E-state index >= 15 is 0 Å². The van der Waals surface area contributed by atoms with Gasteiger partial charge in [0.2, 0.25) is 6.29 Å². The third kappa shape index (κ3) is 6.56. The monoisotopic (exact) mass is 567 g/mol. The van der Waals surface area contributed by atoms with E-state index in [9.17, 15) is 33.6 Å². The average molecular weight is 568 g/mol. The third-order valence-corrected chi connectivity index (χ3v) is 5.76. The second kappa shape index (κ2) is 11.2. The fourth-order valence-electron chi connectivity index (χ4n) is 3.06. The van der Waals surface area contributed by atoms with Crippen LogP contribution >= 0.6 is 28.1 Å². The van der Waals surface area contributed by atoms with Gasteiger partial charge < -0.3 is 40.0 Å². The lowest BCUT2D eigenvalue weighted by Gasteiger charge is -2.39. The lowest BCUT2D eigenvalue weighted by atomic mass is 9.99. The van der Waals surface area contributed by atoms with E-state index in [-0.39, 0.29) is 17.5 Å². The average Bonchev–Trinajstić information content (AvgIpc) is 2.79. The molecule has 5 N–H and O–H groups in total. The molecule has 0 bridgehead atoms. The summed E-state index contributed by atoms with van der Waals surface area (Å²) in [5.74, 6) is 0.249. The van der Waals surface area contributed by atoms with Crippen molar-refractivity contribution in [3.63, 3.8) is 0 Å².